The van der Waals surface area contributed by atoms with Gasteiger partial charge in [-0.2, -0.15) is 0 Å². The lowest BCUT2D eigenvalue weighted by Gasteiger charge is -2.28. The molecule has 8 heteroatoms. The van der Waals surface area contributed by atoms with Gasteiger partial charge in [-0.3, -0.25) is 4.79 Å². The van der Waals surface area contributed by atoms with Gasteiger partial charge in [-0.05, 0) is 44.5 Å². The lowest BCUT2D eigenvalue weighted by atomic mass is 10.1. The second-order valence-corrected chi connectivity index (χ2v) is 9.31. The maximum Gasteiger partial charge on any atom is 0.234 e. The normalized spacial score (nSPS) is 14.5. The molecule has 0 aliphatic heterocycles. The first-order chi connectivity index (χ1) is 10.1. The number of carbonyl (C=O) groups is 1. The number of hydrogen-bond donors (Lipinski definition) is 2. The maximum atomic E-state index is 12.3. The van der Waals surface area contributed by atoms with Crippen LogP contribution in [-0.4, -0.2) is 27.6 Å². The first-order valence-corrected chi connectivity index (χ1v) is 9.45. The molecule has 0 radical (unpaired) electrons. The van der Waals surface area contributed by atoms with Gasteiger partial charge in [0.05, 0.1) is 6.04 Å². The molecule has 1 aromatic carbocycles. The molecule has 0 spiro atoms. The van der Waals surface area contributed by atoms with E-state index in [1.165, 1.54) is 0 Å². The predicted octanol–water partition coefficient (Wildman–Crippen LogP) is 3.55. The number of hydrogen-bond acceptors (Lipinski definition) is 3. The molecule has 0 aromatic heterocycles. The monoisotopic (exact) mass is 428 g/mol. The van der Waals surface area contributed by atoms with E-state index in [2.05, 4.69) is 26.0 Å². The van der Waals surface area contributed by atoms with Gasteiger partial charge in [-0.15, -0.1) is 16.3 Å². The molecule has 0 fully saturated rings. The molecule has 1 aromatic rings. The van der Waals surface area contributed by atoms with Crippen molar-refractivity contribution in [1.82, 2.24) is 10.0 Å². The maximum absolute atomic E-state index is 12.3. The van der Waals surface area contributed by atoms with Gasteiger partial charge >= 0.3 is 0 Å². The molecule has 124 valence electrons. The van der Waals surface area contributed by atoms with E-state index in [1.54, 1.807) is 12.1 Å². The molecule has 0 unspecified atom stereocenters. The average molecular weight is 430 g/mol. The van der Waals surface area contributed by atoms with Crippen LogP contribution in [0.3, 0.4) is 0 Å². The Hall–Kier alpha value is 0.0200. The van der Waals surface area contributed by atoms with E-state index in [0.29, 0.717) is 5.02 Å². The average Bonchev–Trinajstić information content (AvgIpc) is 2.40. The Morgan fingerprint density at radius 3 is 2.55 bits per heavy atom. The van der Waals surface area contributed by atoms with Crippen LogP contribution in [0, 0.1) is 0 Å². The van der Waals surface area contributed by atoms with Crippen LogP contribution in [0.4, 0.5) is 0 Å². The number of rotatable bonds is 6. The Labute approximate surface area is 152 Å². The van der Waals surface area contributed by atoms with Gasteiger partial charge in [-0.1, -0.05) is 27.5 Å². The number of alkyl halides is 1. The lowest BCUT2D eigenvalue weighted by molar-refractivity contribution is -0.118. The summed E-state index contributed by atoms with van der Waals surface area (Å²) in [5, 5.41) is 3.26. The van der Waals surface area contributed by atoms with Crippen LogP contribution in [-0.2, 0) is 16.2 Å². The smallest absolute Gasteiger partial charge is 0.234 e. The summed E-state index contributed by atoms with van der Waals surface area (Å²) in [6, 6.07) is 5.06. The highest BCUT2D eigenvalue weighted by Gasteiger charge is 2.30. The minimum atomic E-state index is -1.29. The Bertz CT molecular complexity index is 506. The fraction of sp³-hybridized carbons (Fsp3) is 0.500. The van der Waals surface area contributed by atoms with Gasteiger partial charge in [-0.25, -0.2) is 0 Å². The van der Waals surface area contributed by atoms with Crippen molar-refractivity contribution in [3.8, 4) is 0 Å². The number of nitrogens with one attached hydrogen (secondary N) is 2. The van der Waals surface area contributed by atoms with E-state index >= 15 is 0 Å². The molecule has 0 saturated carbocycles. The Morgan fingerprint density at radius 1 is 1.41 bits per heavy atom. The quantitative estimate of drug-likeness (QED) is 0.536. The van der Waals surface area contributed by atoms with E-state index in [-0.39, 0.29) is 24.4 Å². The van der Waals surface area contributed by atoms with Crippen molar-refractivity contribution < 1.29 is 9.35 Å². The molecule has 0 heterocycles. The van der Waals surface area contributed by atoms with Crippen LogP contribution >= 0.6 is 39.1 Å². The standard InChI is InChI=1S/C14H19BrCl2N2O2S/c1-14(2,3)22(21)19-12(8-18-13(20)7-16)9-4-10(15)6-11(17)5-9/h4-6,12,19H,7-8H2,1-3H3,(H,18,20)/t12-,22+/m0/s1. The summed E-state index contributed by atoms with van der Waals surface area (Å²) in [5.41, 5.74) is 0.826. The van der Waals surface area contributed by atoms with Crippen molar-refractivity contribution in [3.63, 3.8) is 0 Å². The van der Waals surface area contributed by atoms with Gasteiger partial charge in [0.15, 0.2) is 0 Å². The predicted molar refractivity (Wildman–Crippen MR) is 96.7 cm³/mol. The zero-order chi connectivity index (χ0) is 16.9. The Morgan fingerprint density at radius 2 is 2.05 bits per heavy atom. The summed E-state index contributed by atoms with van der Waals surface area (Å²) in [6.07, 6.45) is 0. The highest BCUT2D eigenvalue weighted by molar-refractivity contribution is 9.10. The van der Waals surface area contributed by atoms with E-state index in [9.17, 15) is 9.35 Å². The summed E-state index contributed by atoms with van der Waals surface area (Å²) < 4.78 is 15.8. The van der Waals surface area contributed by atoms with Gasteiger partial charge in [0.2, 0.25) is 5.91 Å². The van der Waals surface area contributed by atoms with Crippen molar-refractivity contribution in [3.05, 3.63) is 33.3 Å². The highest BCUT2D eigenvalue weighted by atomic mass is 79.9. The van der Waals surface area contributed by atoms with Crippen molar-refractivity contribution in [2.45, 2.75) is 31.6 Å². The second kappa shape index (κ2) is 8.76. The van der Waals surface area contributed by atoms with Crippen molar-refractivity contribution in [1.29, 1.82) is 0 Å². The first-order valence-electron chi connectivity index (χ1n) is 6.60. The van der Waals surface area contributed by atoms with Crippen LogP contribution in [0.1, 0.15) is 32.4 Å². The summed E-state index contributed by atoms with van der Waals surface area (Å²) in [5.74, 6) is -0.398. The molecule has 0 aliphatic rings. The third-order valence-corrected chi connectivity index (χ3v) is 5.25. The van der Waals surface area contributed by atoms with Crippen LogP contribution in [0.2, 0.25) is 5.02 Å². The van der Waals surface area contributed by atoms with Gasteiger partial charge in [0.25, 0.3) is 0 Å². The molecule has 4 nitrogen and oxygen atoms in total. The van der Waals surface area contributed by atoms with Crippen molar-refractivity contribution in [2.75, 3.05) is 12.4 Å². The summed E-state index contributed by atoms with van der Waals surface area (Å²) in [4.78, 5) is 11.4. The molecule has 0 bridgehead atoms. The van der Waals surface area contributed by atoms with E-state index in [1.807, 2.05) is 26.8 Å². The molecule has 22 heavy (non-hydrogen) atoms. The third-order valence-electron chi connectivity index (χ3n) is 2.72. The van der Waals surface area contributed by atoms with Crippen molar-refractivity contribution in [2.24, 2.45) is 0 Å². The van der Waals surface area contributed by atoms with Gasteiger partial charge < -0.3 is 9.87 Å². The van der Waals surface area contributed by atoms with Crippen LogP contribution < -0.4 is 10.0 Å². The molecule has 2 atom stereocenters. The Balaban J connectivity index is 2.97. The topological polar surface area (TPSA) is 64.2 Å². The van der Waals surface area contributed by atoms with Crippen molar-refractivity contribution >= 4 is 56.4 Å². The second-order valence-electron chi connectivity index (χ2n) is 5.69. The fourth-order valence-corrected chi connectivity index (χ4v) is 3.39. The number of carbonyl (C=O) groups excluding carboxylic acids is 1. The van der Waals surface area contributed by atoms with Crippen LogP contribution in [0.25, 0.3) is 0 Å². The molecular formula is C14H19BrCl2N2O2S. The third kappa shape index (κ3) is 6.64. The highest BCUT2D eigenvalue weighted by Crippen LogP contribution is 2.26. The summed E-state index contributed by atoms with van der Waals surface area (Å²) in [6.45, 7) is 5.88. The van der Waals surface area contributed by atoms with E-state index in [0.717, 1.165) is 10.0 Å². The Kier molecular flexibility index (Phi) is 7.99. The largest absolute Gasteiger partial charge is 0.598 e. The zero-order valence-corrected chi connectivity index (χ0v) is 16.5. The molecule has 0 saturated heterocycles. The molecule has 0 aliphatic carbocycles. The minimum absolute atomic E-state index is 0.117. The van der Waals surface area contributed by atoms with E-state index < -0.39 is 16.1 Å². The molecule has 2 N–H and O–H groups in total. The minimum Gasteiger partial charge on any atom is -0.598 e. The molecular weight excluding hydrogens is 411 g/mol. The molecule has 1 rings (SSSR count). The lowest BCUT2D eigenvalue weighted by Crippen LogP contribution is -2.44. The van der Waals surface area contributed by atoms with E-state index in [4.69, 9.17) is 23.2 Å². The zero-order valence-electron chi connectivity index (χ0n) is 12.6. The van der Waals surface area contributed by atoms with Crippen LogP contribution in [0.15, 0.2) is 22.7 Å². The first kappa shape index (κ1) is 20.1. The van der Waals surface area contributed by atoms with Gasteiger partial charge in [0.1, 0.15) is 10.6 Å². The number of benzene rings is 1. The number of amides is 1. The van der Waals surface area contributed by atoms with Crippen LogP contribution in [0.5, 0.6) is 0 Å². The summed E-state index contributed by atoms with van der Waals surface area (Å²) >= 11 is 13.7. The SMILES string of the molecule is CC(C)(C)[S@@+]([O-])N[C@@H](CNC(=O)CCl)c1cc(Cl)cc(Br)c1. The number of halogens is 3. The fourth-order valence-electron chi connectivity index (χ4n) is 1.57. The van der Waals surface area contributed by atoms with Gasteiger partial charge in [0, 0.05) is 27.4 Å². The summed E-state index contributed by atoms with van der Waals surface area (Å²) in [7, 11) is 0. The molecule has 1 amide bonds.